The van der Waals surface area contributed by atoms with Gasteiger partial charge in [-0.25, -0.2) is 0 Å². The van der Waals surface area contributed by atoms with Crippen LogP contribution in [0.1, 0.15) is 25.7 Å². The molecule has 2 aromatic rings. The summed E-state index contributed by atoms with van der Waals surface area (Å²) in [4.78, 5) is 5.77. The zero-order valence-electron chi connectivity index (χ0n) is 11.4. The van der Waals surface area contributed by atoms with E-state index in [1.165, 1.54) is 44.3 Å². The lowest BCUT2D eigenvalue weighted by atomic mass is 10.1. The monoisotopic (exact) mass is 258 g/mol. The van der Waals surface area contributed by atoms with Crippen LogP contribution in [0.25, 0.3) is 10.9 Å². The van der Waals surface area contributed by atoms with Gasteiger partial charge >= 0.3 is 0 Å². The maximum absolute atomic E-state index is 5.83. The van der Waals surface area contributed by atoms with Crippen LogP contribution in [0.15, 0.2) is 30.5 Å². The molecular formula is C16H22N2O. The third-order valence-corrected chi connectivity index (χ3v) is 3.86. The van der Waals surface area contributed by atoms with E-state index in [0.29, 0.717) is 0 Å². The molecule has 0 bridgehead atoms. The standard InChI is InChI=1S/C16H22N2O/c1-2-9-18(10-3-1)11-4-12-19-15-6-5-14-7-8-17-16(14)13-15/h5-8,13,17H,1-4,9-12H2. The van der Waals surface area contributed by atoms with Crippen LogP contribution in [0.3, 0.4) is 0 Å². The molecule has 102 valence electrons. The number of piperidine rings is 1. The van der Waals surface area contributed by atoms with Crippen molar-refractivity contribution in [2.75, 3.05) is 26.2 Å². The van der Waals surface area contributed by atoms with Gasteiger partial charge in [-0.1, -0.05) is 6.42 Å². The lowest BCUT2D eigenvalue weighted by Gasteiger charge is -2.26. The topological polar surface area (TPSA) is 28.3 Å². The number of ether oxygens (including phenoxy) is 1. The van der Waals surface area contributed by atoms with Crippen LogP contribution >= 0.6 is 0 Å². The van der Waals surface area contributed by atoms with E-state index in [1.807, 2.05) is 6.20 Å². The lowest BCUT2D eigenvalue weighted by Crippen LogP contribution is -2.31. The van der Waals surface area contributed by atoms with E-state index in [9.17, 15) is 0 Å². The van der Waals surface area contributed by atoms with Crippen LogP contribution in [0, 0.1) is 0 Å². The molecule has 1 fully saturated rings. The summed E-state index contributed by atoms with van der Waals surface area (Å²) in [6.07, 6.45) is 7.21. The molecule has 3 nitrogen and oxygen atoms in total. The number of aromatic nitrogens is 1. The maximum atomic E-state index is 5.83. The first-order chi connectivity index (χ1) is 9.42. The Morgan fingerprint density at radius 2 is 2.00 bits per heavy atom. The van der Waals surface area contributed by atoms with Gasteiger partial charge in [-0.2, -0.15) is 0 Å². The molecule has 0 saturated carbocycles. The van der Waals surface area contributed by atoms with Crippen LogP contribution in [-0.4, -0.2) is 36.1 Å². The number of hydrogen-bond donors (Lipinski definition) is 1. The Labute approximate surface area is 114 Å². The highest BCUT2D eigenvalue weighted by Gasteiger charge is 2.09. The van der Waals surface area contributed by atoms with Crippen molar-refractivity contribution in [2.24, 2.45) is 0 Å². The molecule has 1 aromatic heterocycles. The van der Waals surface area contributed by atoms with E-state index in [-0.39, 0.29) is 0 Å². The van der Waals surface area contributed by atoms with Crippen LogP contribution in [0.2, 0.25) is 0 Å². The number of fused-ring (bicyclic) bond motifs is 1. The number of nitrogens with one attached hydrogen (secondary N) is 1. The number of nitrogens with zero attached hydrogens (tertiary/aromatic N) is 1. The van der Waals surface area contributed by atoms with Gasteiger partial charge in [0, 0.05) is 24.3 Å². The average molecular weight is 258 g/mol. The van der Waals surface area contributed by atoms with Gasteiger partial charge in [0.15, 0.2) is 0 Å². The molecule has 0 aliphatic carbocycles. The van der Waals surface area contributed by atoms with Crippen molar-refractivity contribution >= 4 is 10.9 Å². The summed E-state index contributed by atoms with van der Waals surface area (Å²) in [7, 11) is 0. The largest absolute Gasteiger partial charge is 0.493 e. The molecule has 1 aliphatic rings. The summed E-state index contributed by atoms with van der Waals surface area (Å²) in [5.74, 6) is 0.966. The van der Waals surface area contributed by atoms with E-state index in [2.05, 4.69) is 34.1 Å². The Morgan fingerprint density at radius 3 is 2.89 bits per heavy atom. The van der Waals surface area contributed by atoms with E-state index in [0.717, 1.165) is 24.3 Å². The summed E-state index contributed by atoms with van der Waals surface area (Å²) in [5.41, 5.74) is 1.15. The van der Waals surface area contributed by atoms with Crippen molar-refractivity contribution in [1.29, 1.82) is 0 Å². The highest BCUT2D eigenvalue weighted by Crippen LogP contribution is 2.19. The molecule has 1 saturated heterocycles. The summed E-state index contributed by atoms with van der Waals surface area (Å²) >= 11 is 0. The summed E-state index contributed by atoms with van der Waals surface area (Å²) in [6, 6.07) is 8.31. The molecule has 0 amide bonds. The molecule has 1 N–H and O–H groups in total. The fourth-order valence-electron chi connectivity index (χ4n) is 2.78. The first-order valence-electron chi connectivity index (χ1n) is 7.34. The molecule has 3 rings (SSSR count). The van der Waals surface area contributed by atoms with Crippen molar-refractivity contribution in [3.8, 4) is 5.75 Å². The van der Waals surface area contributed by atoms with Crippen LogP contribution < -0.4 is 4.74 Å². The van der Waals surface area contributed by atoms with Crippen LogP contribution in [0.5, 0.6) is 5.75 Å². The third kappa shape index (κ3) is 3.29. The highest BCUT2D eigenvalue weighted by molar-refractivity contribution is 5.80. The predicted molar refractivity (Wildman–Crippen MR) is 78.7 cm³/mol. The average Bonchev–Trinajstić information content (AvgIpc) is 2.92. The molecule has 3 heteroatoms. The molecule has 0 atom stereocenters. The molecule has 1 aromatic carbocycles. The van der Waals surface area contributed by atoms with Gasteiger partial charge in [-0.05, 0) is 55.9 Å². The fourth-order valence-corrected chi connectivity index (χ4v) is 2.78. The Hall–Kier alpha value is -1.48. The maximum Gasteiger partial charge on any atom is 0.121 e. The molecule has 19 heavy (non-hydrogen) atoms. The van der Waals surface area contributed by atoms with Crippen molar-refractivity contribution in [1.82, 2.24) is 9.88 Å². The number of likely N-dealkylation sites (tertiary alicyclic amines) is 1. The Balaban J connectivity index is 1.43. The number of benzene rings is 1. The number of aromatic amines is 1. The first kappa shape index (κ1) is 12.5. The van der Waals surface area contributed by atoms with Crippen LogP contribution in [0.4, 0.5) is 0 Å². The third-order valence-electron chi connectivity index (χ3n) is 3.86. The first-order valence-corrected chi connectivity index (χ1v) is 7.34. The van der Waals surface area contributed by atoms with E-state index in [1.54, 1.807) is 0 Å². The summed E-state index contributed by atoms with van der Waals surface area (Å²) < 4.78 is 5.83. The van der Waals surface area contributed by atoms with Crippen molar-refractivity contribution in [3.05, 3.63) is 30.5 Å². The summed E-state index contributed by atoms with van der Waals surface area (Å²) in [5, 5.41) is 1.24. The van der Waals surface area contributed by atoms with E-state index >= 15 is 0 Å². The minimum atomic E-state index is 0.808. The van der Waals surface area contributed by atoms with Gasteiger partial charge in [-0.3, -0.25) is 0 Å². The molecule has 0 unspecified atom stereocenters. The molecule has 2 heterocycles. The second kappa shape index (κ2) is 6.11. The second-order valence-electron chi connectivity index (χ2n) is 5.33. The minimum absolute atomic E-state index is 0.808. The second-order valence-corrected chi connectivity index (χ2v) is 5.33. The lowest BCUT2D eigenvalue weighted by molar-refractivity contribution is 0.205. The van der Waals surface area contributed by atoms with Crippen molar-refractivity contribution < 1.29 is 4.74 Å². The summed E-state index contributed by atoms with van der Waals surface area (Å²) in [6.45, 7) is 4.52. The van der Waals surface area contributed by atoms with Gasteiger partial charge in [-0.15, -0.1) is 0 Å². The number of rotatable bonds is 5. The molecule has 1 aliphatic heterocycles. The van der Waals surface area contributed by atoms with Crippen molar-refractivity contribution in [3.63, 3.8) is 0 Å². The number of H-pyrrole nitrogens is 1. The predicted octanol–water partition coefficient (Wildman–Crippen LogP) is 3.42. The fraction of sp³-hybridized carbons (Fsp3) is 0.500. The Bertz CT molecular complexity index is 514. The van der Waals surface area contributed by atoms with Crippen LogP contribution in [-0.2, 0) is 0 Å². The van der Waals surface area contributed by atoms with E-state index in [4.69, 9.17) is 4.74 Å². The normalized spacial score (nSPS) is 16.8. The zero-order chi connectivity index (χ0) is 12.9. The Morgan fingerprint density at radius 1 is 1.11 bits per heavy atom. The SMILES string of the molecule is c1cc2ccc(OCCCN3CCCCC3)cc2[nH]1. The quantitative estimate of drug-likeness (QED) is 0.832. The van der Waals surface area contributed by atoms with Gasteiger partial charge in [0.2, 0.25) is 0 Å². The molecule has 0 spiro atoms. The Kier molecular flexibility index (Phi) is 4.04. The highest BCUT2D eigenvalue weighted by atomic mass is 16.5. The van der Waals surface area contributed by atoms with Gasteiger partial charge in [0.05, 0.1) is 6.61 Å². The van der Waals surface area contributed by atoms with Crippen molar-refractivity contribution in [2.45, 2.75) is 25.7 Å². The molecule has 0 radical (unpaired) electrons. The van der Waals surface area contributed by atoms with E-state index < -0.39 is 0 Å². The molecular weight excluding hydrogens is 236 g/mol. The van der Waals surface area contributed by atoms with Gasteiger partial charge in [0.1, 0.15) is 5.75 Å². The smallest absolute Gasteiger partial charge is 0.121 e. The zero-order valence-corrected chi connectivity index (χ0v) is 11.4. The minimum Gasteiger partial charge on any atom is -0.493 e. The number of hydrogen-bond acceptors (Lipinski definition) is 2. The van der Waals surface area contributed by atoms with Gasteiger partial charge < -0.3 is 14.6 Å². The van der Waals surface area contributed by atoms with Gasteiger partial charge in [0.25, 0.3) is 0 Å².